The van der Waals surface area contributed by atoms with E-state index < -0.39 is 17.1 Å². The molecule has 0 atom stereocenters. The lowest BCUT2D eigenvalue weighted by Gasteiger charge is -2.00. The zero-order valence-electron chi connectivity index (χ0n) is 10.3. The second kappa shape index (κ2) is 7.47. The molecule has 0 aliphatic rings. The number of ether oxygens (including phenoxy) is 1. The highest BCUT2D eigenvalue weighted by Crippen LogP contribution is 2.17. The van der Waals surface area contributed by atoms with E-state index in [0.717, 1.165) is 0 Å². The minimum absolute atomic E-state index is 0.0173. The largest absolute Gasteiger partial charge is 0.508 e. The average Bonchev–Trinajstić information content (AvgIpc) is 2.43. The van der Waals surface area contributed by atoms with Crippen molar-refractivity contribution in [3.63, 3.8) is 0 Å². The Kier molecular flexibility index (Phi) is 5.64. The van der Waals surface area contributed by atoms with Gasteiger partial charge in [-0.1, -0.05) is 6.07 Å². The predicted molar refractivity (Wildman–Crippen MR) is 70.1 cm³/mol. The third-order valence-electron chi connectivity index (χ3n) is 2.05. The van der Waals surface area contributed by atoms with Gasteiger partial charge in [-0.3, -0.25) is 9.59 Å². The molecule has 0 aliphatic heterocycles. The van der Waals surface area contributed by atoms with Gasteiger partial charge in [0.2, 0.25) is 5.75 Å². The number of benzene rings is 1. The second-order valence-corrected chi connectivity index (χ2v) is 3.52. The molecule has 4 N–H and O–H groups in total. The summed E-state index contributed by atoms with van der Waals surface area (Å²) in [5, 5.41) is 26.2. The van der Waals surface area contributed by atoms with Crippen LogP contribution >= 0.6 is 0 Å². The number of aromatic hydroxyl groups is 3. The number of aldehydes is 1. The van der Waals surface area contributed by atoms with E-state index in [-0.39, 0.29) is 12.4 Å². The third-order valence-corrected chi connectivity index (χ3v) is 2.05. The first kappa shape index (κ1) is 15.1. The number of carbonyl (C=O) groups excluding carboxylic acids is 1. The third kappa shape index (κ3) is 4.73. The molecule has 0 spiro atoms. The molecular formula is C13H13NO6. The number of aromatic nitrogens is 1. The van der Waals surface area contributed by atoms with E-state index in [1.165, 1.54) is 24.4 Å². The average molecular weight is 279 g/mol. The topological polar surface area (TPSA) is 120 Å². The number of carbonyl (C=O) groups is 1. The molecule has 0 saturated carbocycles. The van der Waals surface area contributed by atoms with Crippen LogP contribution in [-0.4, -0.2) is 33.2 Å². The Labute approximate surface area is 113 Å². The zero-order valence-corrected chi connectivity index (χ0v) is 10.3. The second-order valence-electron chi connectivity index (χ2n) is 3.52. The number of phenols is 1. The van der Waals surface area contributed by atoms with Crippen molar-refractivity contribution < 1.29 is 24.9 Å². The minimum Gasteiger partial charge on any atom is -0.508 e. The van der Waals surface area contributed by atoms with Gasteiger partial charge in [0.15, 0.2) is 12.0 Å². The van der Waals surface area contributed by atoms with E-state index in [2.05, 4.69) is 4.98 Å². The van der Waals surface area contributed by atoms with Gasteiger partial charge in [0.05, 0.1) is 0 Å². The van der Waals surface area contributed by atoms with Crippen molar-refractivity contribution in [2.45, 2.75) is 0 Å². The van der Waals surface area contributed by atoms with Crippen LogP contribution in [0.15, 0.2) is 41.3 Å². The molecule has 20 heavy (non-hydrogen) atoms. The van der Waals surface area contributed by atoms with Gasteiger partial charge in [-0.05, 0) is 12.1 Å². The molecule has 1 aromatic heterocycles. The minimum atomic E-state index is -0.685. The summed E-state index contributed by atoms with van der Waals surface area (Å²) < 4.78 is 4.91. The Morgan fingerprint density at radius 1 is 1.20 bits per heavy atom. The maximum atomic E-state index is 10.4. The van der Waals surface area contributed by atoms with Gasteiger partial charge >= 0.3 is 0 Å². The van der Waals surface area contributed by atoms with Gasteiger partial charge in [0.1, 0.15) is 18.1 Å². The Morgan fingerprint density at radius 3 is 2.50 bits per heavy atom. The quantitative estimate of drug-likeness (QED) is 0.615. The zero-order chi connectivity index (χ0) is 15.0. The van der Waals surface area contributed by atoms with Crippen molar-refractivity contribution >= 4 is 6.29 Å². The van der Waals surface area contributed by atoms with Crippen LogP contribution in [0.4, 0.5) is 0 Å². The first-order valence-electron chi connectivity index (χ1n) is 5.49. The number of pyridine rings is 1. The summed E-state index contributed by atoms with van der Waals surface area (Å²) >= 11 is 0. The SMILES string of the molecule is O=CCOc1cccc(O)c1.O=c1[nH]ccc(O)c1O. The molecule has 0 radical (unpaired) electrons. The summed E-state index contributed by atoms with van der Waals surface area (Å²) in [7, 11) is 0. The van der Waals surface area contributed by atoms with Gasteiger partial charge in [-0.2, -0.15) is 0 Å². The molecule has 1 aromatic carbocycles. The van der Waals surface area contributed by atoms with Crippen LogP contribution in [0, 0.1) is 0 Å². The molecule has 0 unspecified atom stereocenters. The predicted octanol–water partition coefficient (Wildman–Crippen LogP) is 0.756. The summed E-state index contributed by atoms with van der Waals surface area (Å²) in [5.74, 6) is -0.415. The molecule has 0 amide bonds. The highest BCUT2D eigenvalue weighted by atomic mass is 16.5. The molecular weight excluding hydrogens is 266 g/mol. The molecule has 0 bridgehead atoms. The first-order valence-corrected chi connectivity index (χ1v) is 5.49. The van der Waals surface area contributed by atoms with Crippen LogP contribution in [0.3, 0.4) is 0 Å². The molecule has 0 aliphatic carbocycles. The molecule has 1 heterocycles. The van der Waals surface area contributed by atoms with Crippen molar-refractivity contribution in [3.05, 3.63) is 46.9 Å². The van der Waals surface area contributed by atoms with E-state index in [4.69, 9.17) is 20.1 Å². The summed E-state index contributed by atoms with van der Waals surface area (Å²) in [4.78, 5) is 22.4. The molecule has 7 nitrogen and oxygen atoms in total. The van der Waals surface area contributed by atoms with Gasteiger partial charge in [0, 0.05) is 18.3 Å². The number of rotatable bonds is 3. The maximum absolute atomic E-state index is 10.4. The van der Waals surface area contributed by atoms with Crippen LogP contribution in [-0.2, 0) is 4.79 Å². The van der Waals surface area contributed by atoms with Gasteiger partial charge in [0.25, 0.3) is 5.56 Å². The summed E-state index contributed by atoms with van der Waals surface area (Å²) in [6.45, 7) is 0.0173. The molecule has 2 aromatic rings. The van der Waals surface area contributed by atoms with E-state index in [9.17, 15) is 9.59 Å². The Balaban J connectivity index is 0.000000204. The summed E-state index contributed by atoms with van der Waals surface area (Å²) in [5.41, 5.74) is -0.685. The lowest BCUT2D eigenvalue weighted by atomic mass is 10.3. The smallest absolute Gasteiger partial charge is 0.294 e. The highest BCUT2D eigenvalue weighted by molar-refractivity contribution is 5.51. The lowest BCUT2D eigenvalue weighted by molar-refractivity contribution is -0.109. The lowest BCUT2D eigenvalue weighted by Crippen LogP contribution is -2.02. The van der Waals surface area contributed by atoms with Crippen LogP contribution in [0.5, 0.6) is 23.0 Å². The highest BCUT2D eigenvalue weighted by Gasteiger charge is 1.99. The number of hydrogen-bond acceptors (Lipinski definition) is 6. The fraction of sp³-hybridized carbons (Fsp3) is 0.0769. The fourth-order valence-corrected chi connectivity index (χ4v) is 1.16. The van der Waals surface area contributed by atoms with Crippen LogP contribution in [0.2, 0.25) is 0 Å². The monoisotopic (exact) mass is 279 g/mol. The van der Waals surface area contributed by atoms with Crippen LogP contribution < -0.4 is 10.3 Å². The normalized spacial score (nSPS) is 9.20. The van der Waals surface area contributed by atoms with Crippen molar-refractivity contribution in [3.8, 4) is 23.0 Å². The van der Waals surface area contributed by atoms with Crippen molar-refractivity contribution in [1.29, 1.82) is 0 Å². The van der Waals surface area contributed by atoms with Crippen LogP contribution in [0.25, 0.3) is 0 Å². The van der Waals surface area contributed by atoms with Gasteiger partial charge < -0.3 is 25.0 Å². The first-order chi connectivity index (χ1) is 9.54. The Morgan fingerprint density at radius 2 is 1.95 bits per heavy atom. The van der Waals surface area contributed by atoms with E-state index in [1.54, 1.807) is 12.1 Å². The van der Waals surface area contributed by atoms with Gasteiger partial charge in [-0.15, -0.1) is 0 Å². The molecule has 0 saturated heterocycles. The number of H-pyrrole nitrogens is 1. The van der Waals surface area contributed by atoms with Crippen molar-refractivity contribution in [2.24, 2.45) is 0 Å². The Hall–Kier alpha value is -2.96. The van der Waals surface area contributed by atoms with E-state index in [0.29, 0.717) is 12.0 Å². The number of aromatic amines is 1. The van der Waals surface area contributed by atoms with Crippen molar-refractivity contribution in [2.75, 3.05) is 6.61 Å². The Bertz CT molecular complexity index is 622. The number of phenolic OH excluding ortho intramolecular Hbond substituents is 1. The van der Waals surface area contributed by atoms with Crippen molar-refractivity contribution in [1.82, 2.24) is 4.98 Å². The fourth-order valence-electron chi connectivity index (χ4n) is 1.16. The molecule has 0 fully saturated rings. The van der Waals surface area contributed by atoms with Gasteiger partial charge in [-0.25, -0.2) is 0 Å². The molecule has 2 rings (SSSR count). The van der Waals surface area contributed by atoms with Crippen LogP contribution in [0.1, 0.15) is 0 Å². The summed E-state index contributed by atoms with van der Waals surface area (Å²) in [6, 6.07) is 7.49. The standard InChI is InChI=1S/C8H8O3.C5H5NO3/c9-4-5-11-8-3-1-2-7(10)6-8;7-3-1-2-6-5(9)4(3)8/h1-4,6,10H,5H2;1-2,8H,(H2,6,7,9). The summed E-state index contributed by atoms with van der Waals surface area (Å²) in [6.07, 6.45) is 1.90. The van der Waals surface area contributed by atoms with E-state index in [1.807, 2.05) is 0 Å². The number of hydrogen-bond donors (Lipinski definition) is 4. The maximum Gasteiger partial charge on any atom is 0.294 e. The number of nitrogens with one attached hydrogen (secondary N) is 1. The molecule has 7 heteroatoms. The molecule has 106 valence electrons. The van der Waals surface area contributed by atoms with E-state index >= 15 is 0 Å².